The number of rotatable bonds is 4. The van der Waals surface area contributed by atoms with Crippen molar-refractivity contribution in [2.45, 2.75) is 6.92 Å². The molecule has 0 bridgehead atoms. The molecule has 0 radical (unpaired) electrons. The molecule has 0 saturated carbocycles. The van der Waals surface area contributed by atoms with Gasteiger partial charge in [-0.25, -0.2) is 9.37 Å². The molecule has 0 amide bonds. The summed E-state index contributed by atoms with van der Waals surface area (Å²) < 4.78 is 13.9. The largest absolute Gasteiger partial charge is 0.399 e. The summed E-state index contributed by atoms with van der Waals surface area (Å²) in [6, 6.07) is 12.4. The Bertz CT molecular complexity index is 867. The predicted octanol–water partition coefficient (Wildman–Crippen LogP) is 4.65. The standard InChI is InChI=1S/C17H15ClFN5/c1-10-8-13(6-7-15(10)20)23-17-21-9-14(19)16(24-17)22-12-4-2-11(18)3-5-12/h2-9H,20H2,1H3,(H2,21,22,23,24). The average Bonchev–Trinajstić information content (AvgIpc) is 2.56. The number of benzene rings is 2. The number of anilines is 5. The van der Waals surface area contributed by atoms with Gasteiger partial charge >= 0.3 is 0 Å². The summed E-state index contributed by atoms with van der Waals surface area (Å²) in [4.78, 5) is 8.12. The Morgan fingerprint density at radius 3 is 2.46 bits per heavy atom. The molecule has 0 aliphatic rings. The molecule has 0 aliphatic heterocycles. The summed E-state index contributed by atoms with van der Waals surface area (Å²) in [5, 5.41) is 6.53. The van der Waals surface area contributed by atoms with E-state index in [-0.39, 0.29) is 11.8 Å². The van der Waals surface area contributed by atoms with E-state index in [1.165, 1.54) is 0 Å². The van der Waals surface area contributed by atoms with Crippen LogP contribution in [-0.2, 0) is 0 Å². The normalized spacial score (nSPS) is 10.5. The molecule has 3 rings (SSSR count). The number of nitrogens with one attached hydrogen (secondary N) is 2. The topological polar surface area (TPSA) is 75.9 Å². The summed E-state index contributed by atoms with van der Waals surface area (Å²) in [5.41, 5.74) is 8.87. The van der Waals surface area contributed by atoms with Crippen molar-refractivity contribution in [2.75, 3.05) is 16.4 Å². The van der Waals surface area contributed by atoms with E-state index in [9.17, 15) is 4.39 Å². The third-order valence-electron chi connectivity index (χ3n) is 3.38. The van der Waals surface area contributed by atoms with Crippen LogP contribution in [0.15, 0.2) is 48.7 Å². The first-order chi connectivity index (χ1) is 11.5. The number of nitrogens with zero attached hydrogens (tertiary/aromatic N) is 2. The molecule has 1 aromatic heterocycles. The Morgan fingerprint density at radius 2 is 1.75 bits per heavy atom. The summed E-state index contributed by atoms with van der Waals surface area (Å²) in [6.07, 6.45) is 1.11. The monoisotopic (exact) mass is 343 g/mol. The fourth-order valence-electron chi connectivity index (χ4n) is 2.07. The van der Waals surface area contributed by atoms with Crippen LogP contribution in [0, 0.1) is 12.7 Å². The predicted molar refractivity (Wildman–Crippen MR) is 95.6 cm³/mol. The van der Waals surface area contributed by atoms with Crippen molar-refractivity contribution in [3.8, 4) is 0 Å². The quantitative estimate of drug-likeness (QED) is 0.601. The van der Waals surface area contributed by atoms with Gasteiger partial charge in [0.1, 0.15) is 0 Å². The van der Waals surface area contributed by atoms with Gasteiger partial charge in [-0.3, -0.25) is 0 Å². The lowest BCUT2D eigenvalue weighted by Gasteiger charge is -2.10. The van der Waals surface area contributed by atoms with Crippen molar-refractivity contribution in [1.29, 1.82) is 0 Å². The van der Waals surface area contributed by atoms with E-state index in [0.29, 0.717) is 16.4 Å². The van der Waals surface area contributed by atoms with Gasteiger partial charge in [-0.1, -0.05) is 11.6 Å². The van der Waals surface area contributed by atoms with Crippen LogP contribution in [0.1, 0.15) is 5.56 Å². The zero-order valence-electron chi connectivity index (χ0n) is 12.8. The second kappa shape index (κ2) is 6.72. The molecule has 3 aromatic rings. The van der Waals surface area contributed by atoms with E-state index in [2.05, 4.69) is 20.6 Å². The minimum atomic E-state index is -0.552. The van der Waals surface area contributed by atoms with E-state index >= 15 is 0 Å². The van der Waals surface area contributed by atoms with Gasteiger partial charge in [-0.15, -0.1) is 0 Å². The molecule has 5 nitrogen and oxygen atoms in total. The minimum absolute atomic E-state index is 0.0713. The number of hydrogen-bond acceptors (Lipinski definition) is 5. The number of aryl methyl sites for hydroxylation is 1. The molecule has 1 heterocycles. The zero-order valence-corrected chi connectivity index (χ0v) is 13.6. The Hall–Kier alpha value is -2.86. The van der Waals surface area contributed by atoms with E-state index in [1.807, 2.05) is 13.0 Å². The van der Waals surface area contributed by atoms with Crippen LogP contribution in [0.4, 0.5) is 33.2 Å². The lowest BCUT2D eigenvalue weighted by atomic mass is 10.2. The third-order valence-corrected chi connectivity index (χ3v) is 3.63. The smallest absolute Gasteiger partial charge is 0.229 e. The van der Waals surface area contributed by atoms with Crippen molar-refractivity contribution in [3.05, 3.63) is 65.1 Å². The van der Waals surface area contributed by atoms with Gasteiger partial charge < -0.3 is 16.4 Å². The van der Waals surface area contributed by atoms with E-state index < -0.39 is 5.82 Å². The van der Waals surface area contributed by atoms with Gasteiger partial charge in [0.25, 0.3) is 0 Å². The first-order valence-electron chi connectivity index (χ1n) is 7.19. The lowest BCUT2D eigenvalue weighted by molar-refractivity contribution is 0.619. The van der Waals surface area contributed by atoms with Crippen molar-refractivity contribution >= 4 is 40.4 Å². The molecule has 0 saturated heterocycles. The number of aromatic nitrogens is 2. The van der Waals surface area contributed by atoms with Crippen LogP contribution in [0.2, 0.25) is 5.02 Å². The summed E-state index contributed by atoms with van der Waals surface area (Å²) in [6.45, 7) is 1.90. The van der Waals surface area contributed by atoms with Gasteiger partial charge in [-0.05, 0) is 55.0 Å². The van der Waals surface area contributed by atoms with Crippen molar-refractivity contribution in [2.24, 2.45) is 0 Å². The third kappa shape index (κ3) is 3.72. The highest BCUT2D eigenvalue weighted by Crippen LogP contribution is 2.23. The molecule has 2 aromatic carbocycles. The first-order valence-corrected chi connectivity index (χ1v) is 7.57. The van der Waals surface area contributed by atoms with Gasteiger partial charge in [0, 0.05) is 22.1 Å². The molecule has 0 atom stereocenters. The molecule has 4 N–H and O–H groups in total. The number of nitrogen functional groups attached to an aromatic ring is 1. The van der Waals surface area contributed by atoms with E-state index in [4.69, 9.17) is 17.3 Å². The second-order valence-electron chi connectivity index (χ2n) is 5.22. The molecule has 0 fully saturated rings. The van der Waals surface area contributed by atoms with Crippen LogP contribution in [-0.4, -0.2) is 9.97 Å². The summed E-state index contributed by atoms with van der Waals surface area (Å²) in [7, 11) is 0. The molecule has 24 heavy (non-hydrogen) atoms. The van der Waals surface area contributed by atoms with Gasteiger partial charge in [-0.2, -0.15) is 4.98 Å². The van der Waals surface area contributed by atoms with Crippen LogP contribution in [0.25, 0.3) is 0 Å². The summed E-state index contributed by atoms with van der Waals surface area (Å²) >= 11 is 5.84. The fourth-order valence-corrected chi connectivity index (χ4v) is 2.19. The van der Waals surface area contributed by atoms with E-state index in [0.717, 1.165) is 17.4 Å². The lowest BCUT2D eigenvalue weighted by Crippen LogP contribution is -2.03. The fraction of sp³-hybridized carbons (Fsp3) is 0.0588. The zero-order chi connectivity index (χ0) is 17.1. The molecular weight excluding hydrogens is 329 g/mol. The Morgan fingerprint density at radius 1 is 1.04 bits per heavy atom. The highest BCUT2D eigenvalue weighted by molar-refractivity contribution is 6.30. The Kier molecular flexibility index (Phi) is 4.48. The SMILES string of the molecule is Cc1cc(Nc2ncc(F)c(Nc3ccc(Cl)cc3)n2)ccc1N. The van der Waals surface area contributed by atoms with E-state index in [1.54, 1.807) is 36.4 Å². The minimum Gasteiger partial charge on any atom is -0.399 e. The van der Waals surface area contributed by atoms with Crippen LogP contribution < -0.4 is 16.4 Å². The molecule has 0 aliphatic carbocycles. The first kappa shape index (κ1) is 16.0. The van der Waals surface area contributed by atoms with Gasteiger partial charge in [0.05, 0.1) is 6.20 Å². The van der Waals surface area contributed by atoms with Gasteiger partial charge in [0.2, 0.25) is 5.95 Å². The van der Waals surface area contributed by atoms with Crippen molar-refractivity contribution < 1.29 is 4.39 Å². The van der Waals surface area contributed by atoms with Crippen LogP contribution in [0.5, 0.6) is 0 Å². The number of hydrogen-bond donors (Lipinski definition) is 3. The number of nitrogens with two attached hydrogens (primary N) is 1. The van der Waals surface area contributed by atoms with Gasteiger partial charge in [0.15, 0.2) is 11.6 Å². The maximum atomic E-state index is 13.9. The number of halogens is 2. The highest BCUT2D eigenvalue weighted by atomic mass is 35.5. The Balaban J connectivity index is 1.82. The van der Waals surface area contributed by atoms with Crippen molar-refractivity contribution in [1.82, 2.24) is 9.97 Å². The maximum Gasteiger partial charge on any atom is 0.229 e. The summed E-state index contributed by atoms with van der Waals surface area (Å²) in [5.74, 6) is -0.206. The van der Waals surface area contributed by atoms with Crippen molar-refractivity contribution in [3.63, 3.8) is 0 Å². The average molecular weight is 344 g/mol. The Labute approximate surface area is 143 Å². The molecule has 0 spiro atoms. The van der Waals surface area contributed by atoms with Crippen LogP contribution >= 0.6 is 11.6 Å². The van der Waals surface area contributed by atoms with Crippen LogP contribution in [0.3, 0.4) is 0 Å². The highest BCUT2D eigenvalue weighted by Gasteiger charge is 2.08. The molecule has 0 unspecified atom stereocenters. The maximum absolute atomic E-state index is 13.9. The second-order valence-corrected chi connectivity index (χ2v) is 5.65. The molecular formula is C17H15ClFN5. The molecule has 7 heteroatoms. The molecule has 122 valence electrons.